The molecule has 100 valence electrons. The highest BCUT2D eigenvalue weighted by molar-refractivity contribution is 5.50. The van der Waals surface area contributed by atoms with E-state index >= 15 is 0 Å². The first kappa shape index (κ1) is 16.7. The summed E-state index contributed by atoms with van der Waals surface area (Å²) in [5, 5.41) is 0. The lowest BCUT2D eigenvalue weighted by molar-refractivity contribution is 0.420. The lowest BCUT2D eigenvalue weighted by atomic mass is 9.90. The normalized spacial score (nSPS) is 14.7. The SMILES string of the molecule is C.C=CC1CCCCC1.C=Cc1ccccc1C. The second-order valence-corrected chi connectivity index (χ2v) is 4.69. The number of aryl methyl sites for hydroxylation is 1. The van der Waals surface area contributed by atoms with E-state index in [-0.39, 0.29) is 7.43 Å². The van der Waals surface area contributed by atoms with Crippen LogP contribution in [0.1, 0.15) is 50.7 Å². The van der Waals surface area contributed by atoms with Gasteiger partial charge in [-0.25, -0.2) is 0 Å². The van der Waals surface area contributed by atoms with Gasteiger partial charge in [0.15, 0.2) is 0 Å². The van der Waals surface area contributed by atoms with E-state index < -0.39 is 0 Å². The molecule has 0 saturated heterocycles. The molecule has 1 aromatic carbocycles. The summed E-state index contributed by atoms with van der Waals surface area (Å²) in [6, 6.07) is 8.19. The van der Waals surface area contributed by atoms with Crippen molar-refractivity contribution in [3.05, 3.63) is 54.6 Å². The van der Waals surface area contributed by atoms with Crippen LogP contribution in [-0.2, 0) is 0 Å². The van der Waals surface area contributed by atoms with E-state index in [1.807, 2.05) is 18.2 Å². The van der Waals surface area contributed by atoms with Crippen LogP contribution in [0.3, 0.4) is 0 Å². The fraction of sp³-hybridized carbons (Fsp3) is 0.444. The number of benzene rings is 1. The molecule has 0 heteroatoms. The van der Waals surface area contributed by atoms with Gasteiger partial charge in [0, 0.05) is 0 Å². The third kappa shape index (κ3) is 5.86. The predicted molar refractivity (Wildman–Crippen MR) is 84.8 cm³/mol. The molecule has 18 heavy (non-hydrogen) atoms. The Morgan fingerprint density at radius 2 is 1.67 bits per heavy atom. The van der Waals surface area contributed by atoms with Gasteiger partial charge in [-0.2, -0.15) is 0 Å². The second kappa shape index (κ2) is 9.70. The van der Waals surface area contributed by atoms with Crippen LogP contribution in [0.5, 0.6) is 0 Å². The molecule has 0 aromatic heterocycles. The fourth-order valence-corrected chi connectivity index (χ4v) is 2.19. The molecule has 0 radical (unpaired) electrons. The van der Waals surface area contributed by atoms with Crippen molar-refractivity contribution in [2.75, 3.05) is 0 Å². The Morgan fingerprint density at radius 1 is 1.06 bits per heavy atom. The maximum atomic E-state index is 3.78. The van der Waals surface area contributed by atoms with Crippen LogP contribution in [0.4, 0.5) is 0 Å². The predicted octanol–water partition coefficient (Wildman–Crippen LogP) is 6.03. The molecule has 1 aliphatic rings. The number of hydrogen-bond acceptors (Lipinski definition) is 0. The highest BCUT2D eigenvalue weighted by Gasteiger charge is 2.07. The molecule has 0 spiro atoms. The zero-order valence-corrected chi connectivity index (χ0v) is 11.0. The van der Waals surface area contributed by atoms with Crippen molar-refractivity contribution >= 4 is 6.08 Å². The number of rotatable bonds is 2. The van der Waals surface area contributed by atoms with Gasteiger partial charge in [-0.15, -0.1) is 6.58 Å². The summed E-state index contributed by atoms with van der Waals surface area (Å²) in [4.78, 5) is 0. The highest BCUT2D eigenvalue weighted by Crippen LogP contribution is 2.23. The average Bonchev–Trinajstić information content (AvgIpc) is 2.41. The Kier molecular flexibility index (Phi) is 9.00. The Bertz CT molecular complexity index is 343. The molecule has 0 heterocycles. The summed E-state index contributed by atoms with van der Waals surface area (Å²) in [7, 11) is 0. The van der Waals surface area contributed by atoms with Crippen LogP contribution in [0.2, 0.25) is 0 Å². The number of allylic oxidation sites excluding steroid dienone is 1. The van der Waals surface area contributed by atoms with Gasteiger partial charge in [-0.1, -0.05) is 69.7 Å². The number of hydrogen-bond donors (Lipinski definition) is 0. The molecule has 1 fully saturated rings. The Hall–Kier alpha value is -1.30. The van der Waals surface area contributed by atoms with Crippen LogP contribution in [-0.4, -0.2) is 0 Å². The quantitative estimate of drug-likeness (QED) is 0.557. The third-order valence-electron chi connectivity index (χ3n) is 3.39. The van der Waals surface area contributed by atoms with Gasteiger partial charge < -0.3 is 0 Å². The van der Waals surface area contributed by atoms with Gasteiger partial charge in [-0.05, 0) is 36.8 Å². The maximum absolute atomic E-state index is 3.78. The van der Waals surface area contributed by atoms with E-state index in [1.165, 1.54) is 43.2 Å². The van der Waals surface area contributed by atoms with E-state index in [9.17, 15) is 0 Å². The van der Waals surface area contributed by atoms with E-state index in [0.717, 1.165) is 5.92 Å². The Morgan fingerprint density at radius 3 is 2.06 bits per heavy atom. The third-order valence-corrected chi connectivity index (χ3v) is 3.39. The monoisotopic (exact) mass is 244 g/mol. The topological polar surface area (TPSA) is 0 Å². The van der Waals surface area contributed by atoms with E-state index in [2.05, 4.69) is 38.3 Å². The molecule has 0 atom stereocenters. The smallest absolute Gasteiger partial charge is 0.0233 e. The van der Waals surface area contributed by atoms with Gasteiger partial charge in [0.1, 0.15) is 0 Å². The van der Waals surface area contributed by atoms with Crippen LogP contribution < -0.4 is 0 Å². The van der Waals surface area contributed by atoms with Crippen molar-refractivity contribution in [2.24, 2.45) is 5.92 Å². The molecule has 0 amide bonds. The minimum Gasteiger partial charge on any atom is -0.103 e. The van der Waals surface area contributed by atoms with Crippen molar-refractivity contribution in [3.8, 4) is 0 Å². The van der Waals surface area contributed by atoms with Gasteiger partial charge >= 0.3 is 0 Å². The van der Waals surface area contributed by atoms with Crippen molar-refractivity contribution in [1.29, 1.82) is 0 Å². The highest BCUT2D eigenvalue weighted by atomic mass is 14.1. The Balaban J connectivity index is 0.000000306. The standard InChI is InChI=1S/C9H10.C8H14.CH4/c1-3-9-7-5-4-6-8(9)2;1-2-8-6-4-3-5-7-8;/h3-7H,1H2,2H3;2,8H,1,3-7H2;1H4. The minimum absolute atomic E-state index is 0. The lowest BCUT2D eigenvalue weighted by Gasteiger charge is -2.16. The molecule has 0 aliphatic heterocycles. The molecular weight excluding hydrogens is 216 g/mol. The summed E-state index contributed by atoms with van der Waals surface area (Å²) >= 11 is 0. The van der Waals surface area contributed by atoms with Crippen molar-refractivity contribution in [2.45, 2.75) is 46.5 Å². The van der Waals surface area contributed by atoms with Crippen LogP contribution >= 0.6 is 0 Å². The first-order valence-corrected chi connectivity index (χ1v) is 6.58. The summed E-state index contributed by atoms with van der Waals surface area (Å²) in [5.41, 5.74) is 2.50. The fourth-order valence-electron chi connectivity index (χ4n) is 2.19. The first-order valence-electron chi connectivity index (χ1n) is 6.58. The molecule has 2 rings (SSSR count). The van der Waals surface area contributed by atoms with Crippen LogP contribution in [0.15, 0.2) is 43.5 Å². The zero-order valence-electron chi connectivity index (χ0n) is 11.0. The van der Waals surface area contributed by atoms with Crippen molar-refractivity contribution < 1.29 is 0 Å². The molecule has 1 saturated carbocycles. The van der Waals surface area contributed by atoms with E-state index in [4.69, 9.17) is 0 Å². The van der Waals surface area contributed by atoms with Gasteiger partial charge in [0.25, 0.3) is 0 Å². The van der Waals surface area contributed by atoms with Crippen LogP contribution in [0.25, 0.3) is 6.08 Å². The lowest BCUT2D eigenvalue weighted by Crippen LogP contribution is -2.01. The summed E-state index contributed by atoms with van der Waals surface area (Å²) in [6.45, 7) is 9.56. The Labute approximate surface area is 113 Å². The molecule has 1 aromatic rings. The minimum atomic E-state index is 0. The molecule has 0 nitrogen and oxygen atoms in total. The van der Waals surface area contributed by atoms with Gasteiger partial charge in [-0.3, -0.25) is 0 Å². The molecule has 0 unspecified atom stereocenters. The van der Waals surface area contributed by atoms with Crippen molar-refractivity contribution in [3.63, 3.8) is 0 Å². The molecule has 0 N–H and O–H groups in total. The largest absolute Gasteiger partial charge is 0.103 e. The molecule has 0 bridgehead atoms. The summed E-state index contributed by atoms with van der Waals surface area (Å²) in [6.07, 6.45) is 11.1. The second-order valence-electron chi connectivity index (χ2n) is 4.69. The summed E-state index contributed by atoms with van der Waals surface area (Å²) in [5.74, 6) is 0.851. The average molecular weight is 244 g/mol. The van der Waals surface area contributed by atoms with Gasteiger partial charge in [0.05, 0.1) is 0 Å². The molecule has 1 aliphatic carbocycles. The van der Waals surface area contributed by atoms with Gasteiger partial charge in [0.2, 0.25) is 0 Å². The zero-order chi connectivity index (χ0) is 12.5. The van der Waals surface area contributed by atoms with Crippen molar-refractivity contribution in [1.82, 2.24) is 0 Å². The molecular formula is C18H28. The van der Waals surface area contributed by atoms with E-state index in [1.54, 1.807) is 0 Å². The first-order chi connectivity index (χ1) is 8.27. The van der Waals surface area contributed by atoms with E-state index in [0.29, 0.717) is 0 Å². The van der Waals surface area contributed by atoms with Crippen LogP contribution in [0, 0.1) is 12.8 Å². The maximum Gasteiger partial charge on any atom is -0.0233 e. The summed E-state index contributed by atoms with van der Waals surface area (Å²) < 4.78 is 0.